The van der Waals surface area contributed by atoms with E-state index in [2.05, 4.69) is 16.5 Å². The molecule has 1 aromatic carbocycles. The molecule has 1 aromatic heterocycles. The van der Waals surface area contributed by atoms with E-state index in [-0.39, 0.29) is 16.7 Å². The van der Waals surface area contributed by atoms with Crippen molar-refractivity contribution in [2.75, 3.05) is 13.2 Å². The molecular weight excluding hydrogens is 279 g/mol. The van der Waals surface area contributed by atoms with Crippen molar-refractivity contribution in [1.29, 1.82) is 0 Å². The third-order valence-corrected chi connectivity index (χ3v) is 4.30. The van der Waals surface area contributed by atoms with E-state index < -0.39 is 0 Å². The van der Waals surface area contributed by atoms with Crippen molar-refractivity contribution in [3.63, 3.8) is 0 Å². The second kappa shape index (κ2) is 5.01. The number of alkyl halides is 1. The fourth-order valence-electron chi connectivity index (χ4n) is 2.94. The van der Waals surface area contributed by atoms with Crippen molar-refractivity contribution in [2.45, 2.75) is 37.6 Å². The zero-order valence-electron chi connectivity index (χ0n) is 11.7. The number of halogens is 2. The fraction of sp³-hybridized carbons (Fsp3) is 0.533. The number of imidazole rings is 1. The second-order valence-electron chi connectivity index (χ2n) is 5.66. The summed E-state index contributed by atoms with van der Waals surface area (Å²) in [5.74, 6) is 0.555. The van der Waals surface area contributed by atoms with Crippen LogP contribution in [0.15, 0.2) is 18.2 Å². The van der Waals surface area contributed by atoms with E-state index in [0.29, 0.717) is 13.2 Å². The number of benzene rings is 1. The molecule has 0 bridgehead atoms. The Morgan fingerprint density at radius 2 is 2.10 bits per heavy atom. The summed E-state index contributed by atoms with van der Waals surface area (Å²) in [5, 5.41) is -0.217. The van der Waals surface area contributed by atoms with E-state index in [1.165, 1.54) is 6.07 Å². The van der Waals surface area contributed by atoms with E-state index in [9.17, 15) is 4.39 Å². The summed E-state index contributed by atoms with van der Waals surface area (Å²) >= 11 is 6.29. The lowest BCUT2D eigenvalue weighted by Crippen LogP contribution is -2.37. The summed E-state index contributed by atoms with van der Waals surface area (Å²) in [6.45, 7) is 5.49. The lowest BCUT2D eigenvalue weighted by molar-refractivity contribution is 0.0300. The van der Waals surface area contributed by atoms with E-state index in [4.69, 9.17) is 16.3 Å². The highest BCUT2D eigenvalue weighted by atomic mass is 35.5. The maximum atomic E-state index is 13.6. The summed E-state index contributed by atoms with van der Waals surface area (Å²) in [7, 11) is 0. The van der Waals surface area contributed by atoms with Crippen LogP contribution in [0.2, 0.25) is 0 Å². The maximum absolute atomic E-state index is 13.6. The molecule has 3 nitrogen and oxygen atoms in total. The molecule has 0 radical (unpaired) electrons. The molecule has 0 saturated carbocycles. The fourth-order valence-corrected chi connectivity index (χ4v) is 3.08. The number of hydrogen-bond acceptors (Lipinski definition) is 2. The smallest absolute Gasteiger partial charge is 0.128 e. The van der Waals surface area contributed by atoms with Crippen molar-refractivity contribution in [2.24, 2.45) is 0 Å². The molecule has 2 heterocycles. The van der Waals surface area contributed by atoms with Crippen LogP contribution in [0.25, 0.3) is 11.0 Å². The Morgan fingerprint density at radius 1 is 1.40 bits per heavy atom. The third kappa shape index (κ3) is 2.21. The zero-order valence-corrected chi connectivity index (χ0v) is 12.5. The Bertz CT molecular complexity index is 632. The first-order valence-corrected chi connectivity index (χ1v) is 7.35. The van der Waals surface area contributed by atoms with Crippen LogP contribution in [0.3, 0.4) is 0 Å². The molecule has 0 spiro atoms. The molecule has 5 heteroatoms. The average molecular weight is 297 g/mol. The van der Waals surface area contributed by atoms with Gasteiger partial charge in [0.05, 0.1) is 16.4 Å². The largest absolute Gasteiger partial charge is 0.381 e. The summed E-state index contributed by atoms with van der Waals surface area (Å²) in [6.07, 6.45) is 1.76. The van der Waals surface area contributed by atoms with Gasteiger partial charge in [0.2, 0.25) is 0 Å². The summed E-state index contributed by atoms with van der Waals surface area (Å²) < 4.78 is 21.2. The lowest BCUT2D eigenvalue weighted by atomic mass is 9.91. The first-order chi connectivity index (χ1) is 9.51. The van der Waals surface area contributed by atoms with Gasteiger partial charge in [-0.3, -0.25) is 0 Å². The quantitative estimate of drug-likeness (QED) is 0.783. The van der Waals surface area contributed by atoms with Crippen molar-refractivity contribution < 1.29 is 9.13 Å². The van der Waals surface area contributed by atoms with Crippen LogP contribution in [0.1, 0.15) is 37.9 Å². The minimum Gasteiger partial charge on any atom is -0.381 e. The minimum atomic E-state index is -0.247. The number of ether oxygens (including phenoxy) is 1. The molecule has 1 saturated heterocycles. The molecule has 108 valence electrons. The molecule has 2 aromatic rings. The summed E-state index contributed by atoms with van der Waals surface area (Å²) in [6, 6.07) is 4.70. The molecule has 0 N–H and O–H groups in total. The highest BCUT2D eigenvalue weighted by Gasteiger charge is 2.33. The van der Waals surface area contributed by atoms with Crippen LogP contribution >= 0.6 is 11.6 Å². The van der Waals surface area contributed by atoms with Crippen LogP contribution < -0.4 is 0 Å². The molecule has 3 rings (SSSR count). The standard InChI is InChI=1S/C15H18ClFN2O/c1-10(16)14-18-12-4-3-11(17)9-13(12)19(14)15(2)5-7-20-8-6-15/h3-4,9-10H,5-8H2,1-2H3. The molecule has 1 atom stereocenters. The van der Waals surface area contributed by atoms with Gasteiger partial charge in [0.1, 0.15) is 11.6 Å². The van der Waals surface area contributed by atoms with Crippen molar-refractivity contribution in [3.8, 4) is 0 Å². The van der Waals surface area contributed by atoms with E-state index in [1.54, 1.807) is 12.1 Å². The Morgan fingerprint density at radius 3 is 2.75 bits per heavy atom. The van der Waals surface area contributed by atoms with E-state index in [0.717, 1.165) is 29.7 Å². The second-order valence-corrected chi connectivity index (χ2v) is 6.32. The van der Waals surface area contributed by atoms with Crippen molar-refractivity contribution >= 4 is 22.6 Å². The Balaban J connectivity index is 2.25. The molecular formula is C15H18ClFN2O. The van der Waals surface area contributed by atoms with Gasteiger partial charge in [0, 0.05) is 18.8 Å². The van der Waals surface area contributed by atoms with Gasteiger partial charge in [0.15, 0.2) is 0 Å². The van der Waals surface area contributed by atoms with Gasteiger partial charge in [-0.15, -0.1) is 11.6 Å². The van der Waals surface area contributed by atoms with Gasteiger partial charge in [-0.1, -0.05) is 0 Å². The lowest BCUT2D eigenvalue weighted by Gasteiger charge is -2.37. The van der Waals surface area contributed by atoms with Gasteiger partial charge < -0.3 is 9.30 Å². The molecule has 20 heavy (non-hydrogen) atoms. The summed E-state index contributed by atoms with van der Waals surface area (Å²) in [5.41, 5.74) is 1.48. The molecule has 0 aliphatic carbocycles. The monoisotopic (exact) mass is 296 g/mol. The number of fused-ring (bicyclic) bond motifs is 1. The number of nitrogens with zero attached hydrogens (tertiary/aromatic N) is 2. The zero-order chi connectivity index (χ0) is 14.3. The van der Waals surface area contributed by atoms with Gasteiger partial charge in [0.25, 0.3) is 0 Å². The van der Waals surface area contributed by atoms with Crippen LogP contribution in [-0.2, 0) is 10.3 Å². The first-order valence-electron chi connectivity index (χ1n) is 6.91. The van der Waals surface area contributed by atoms with Crippen molar-refractivity contribution in [3.05, 3.63) is 29.8 Å². The Kier molecular flexibility index (Phi) is 3.46. The number of hydrogen-bond donors (Lipinski definition) is 0. The molecule has 1 unspecified atom stereocenters. The normalized spacial score (nSPS) is 20.2. The number of aromatic nitrogens is 2. The third-order valence-electron chi connectivity index (χ3n) is 4.11. The Labute approximate surface area is 122 Å². The molecule has 1 aliphatic heterocycles. The van der Waals surface area contributed by atoms with E-state index >= 15 is 0 Å². The van der Waals surface area contributed by atoms with Gasteiger partial charge in [-0.05, 0) is 44.9 Å². The van der Waals surface area contributed by atoms with Crippen LogP contribution in [0.4, 0.5) is 4.39 Å². The van der Waals surface area contributed by atoms with Crippen LogP contribution in [-0.4, -0.2) is 22.8 Å². The molecule has 1 fully saturated rings. The molecule has 0 amide bonds. The van der Waals surface area contributed by atoms with Crippen LogP contribution in [0, 0.1) is 5.82 Å². The first kappa shape index (κ1) is 13.8. The summed E-state index contributed by atoms with van der Waals surface area (Å²) in [4.78, 5) is 4.60. The Hall–Kier alpha value is -1.13. The molecule has 1 aliphatic rings. The minimum absolute atomic E-state index is 0.126. The highest BCUT2D eigenvalue weighted by molar-refractivity contribution is 6.20. The van der Waals surface area contributed by atoms with Crippen LogP contribution in [0.5, 0.6) is 0 Å². The predicted octanol–water partition coefficient (Wildman–Crippen LogP) is 4.00. The average Bonchev–Trinajstić information content (AvgIpc) is 2.79. The van der Waals surface area contributed by atoms with Gasteiger partial charge in [-0.2, -0.15) is 0 Å². The van der Waals surface area contributed by atoms with Gasteiger partial charge in [-0.25, -0.2) is 9.37 Å². The topological polar surface area (TPSA) is 27.1 Å². The maximum Gasteiger partial charge on any atom is 0.128 e. The number of rotatable bonds is 2. The van der Waals surface area contributed by atoms with Crippen molar-refractivity contribution in [1.82, 2.24) is 9.55 Å². The predicted molar refractivity (Wildman–Crippen MR) is 77.7 cm³/mol. The highest BCUT2D eigenvalue weighted by Crippen LogP contribution is 2.36. The van der Waals surface area contributed by atoms with Gasteiger partial charge >= 0.3 is 0 Å². The SMILES string of the molecule is CC(Cl)c1nc2ccc(F)cc2n1C1(C)CCOCC1. The van der Waals surface area contributed by atoms with E-state index in [1.807, 2.05) is 6.92 Å².